The van der Waals surface area contributed by atoms with Crippen molar-refractivity contribution >= 4 is 11.8 Å². The molecular formula is C14H21N3O2. The summed E-state index contributed by atoms with van der Waals surface area (Å²) in [5, 5.41) is 9.84. The van der Waals surface area contributed by atoms with Gasteiger partial charge in [0.05, 0.1) is 0 Å². The first kappa shape index (κ1) is 12.5. The van der Waals surface area contributed by atoms with Crippen LogP contribution in [-0.4, -0.2) is 16.7 Å². The number of aromatic nitrogens is 1. The van der Waals surface area contributed by atoms with Crippen molar-refractivity contribution in [2.75, 3.05) is 5.32 Å². The maximum absolute atomic E-state index is 12.0. The van der Waals surface area contributed by atoms with Crippen molar-refractivity contribution in [3.05, 3.63) is 11.3 Å². The summed E-state index contributed by atoms with van der Waals surface area (Å²) in [5.74, 6) is 1.52. The molecule has 0 radical (unpaired) electrons. The SMILES string of the molecule is CC1(C)CC1(C)NC(=O)Nc1noc2c1CCCC2. The van der Waals surface area contributed by atoms with Crippen LogP contribution in [0.4, 0.5) is 10.6 Å². The number of urea groups is 1. The fourth-order valence-electron chi connectivity index (χ4n) is 2.93. The fraction of sp³-hybridized carbons (Fsp3) is 0.714. The lowest BCUT2D eigenvalue weighted by Gasteiger charge is -2.17. The first-order valence-corrected chi connectivity index (χ1v) is 6.98. The van der Waals surface area contributed by atoms with Gasteiger partial charge in [0.15, 0.2) is 5.82 Å². The van der Waals surface area contributed by atoms with Crippen molar-refractivity contribution in [2.45, 2.75) is 58.4 Å². The van der Waals surface area contributed by atoms with Gasteiger partial charge in [-0.3, -0.25) is 5.32 Å². The second-order valence-electron chi connectivity index (χ2n) is 6.61. The third-order valence-electron chi connectivity index (χ3n) is 4.74. The van der Waals surface area contributed by atoms with Crippen molar-refractivity contribution in [3.8, 4) is 0 Å². The van der Waals surface area contributed by atoms with Gasteiger partial charge in [0.25, 0.3) is 0 Å². The zero-order valence-electron chi connectivity index (χ0n) is 11.8. The predicted molar refractivity (Wildman–Crippen MR) is 72.1 cm³/mol. The number of amides is 2. The molecule has 1 saturated carbocycles. The molecule has 2 amide bonds. The van der Waals surface area contributed by atoms with E-state index in [-0.39, 0.29) is 17.0 Å². The fourth-order valence-corrected chi connectivity index (χ4v) is 2.93. The zero-order chi connectivity index (χ0) is 13.7. The molecule has 2 aliphatic rings. The van der Waals surface area contributed by atoms with Gasteiger partial charge in [-0.2, -0.15) is 0 Å². The normalized spacial score (nSPS) is 27.5. The summed E-state index contributed by atoms with van der Waals surface area (Å²) in [4.78, 5) is 12.0. The highest BCUT2D eigenvalue weighted by Crippen LogP contribution is 2.55. The van der Waals surface area contributed by atoms with E-state index in [1.54, 1.807) is 0 Å². The topological polar surface area (TPSA) is 67.2 Å². The minimum absolute atomic E-state index is 0.110. The Morgan fingerprint density at radius 2 is 1.95 bits per heavy atom. The maximum Gasteiger partial charge on any atom is 0.320 e. The van der Waals surface area contributed by atoms with Gasteiger partial charge in [-0.25, -0.2) is 4.79 Å². The summed E-state index contributed by atoms with van der Waals surface area (Å²) < 4.78 is 5.28. The van der Waals surface area contributed by atoms with Gasteiger partial charge in [0.2, 0.25) is 0 Å². The van der Waals surface area contributed by atoms with Crippen molar-refractivity contribution < 1.29 is 9.32 Å². The molecule has 1 aromatic rings. The molecule has 3 rings (SSSR count). The largest absolute Gasteiger partial charge is 0.359 e. The maximum atomic E-state index is 12.0. The van der Waals surface area contributed by atoms with E-state index in [4.69, 9.17) is 4.52 Å². The summed E-state index contributed by atoms with van der Waals surface area (Å²) >= 11 is 0. The summed E-state index contributed by atoms with van der Waals surface area (Å²) in [6.07, 6.45) is 5.15. The van der Waals surface area contributed by atoms with Gasteiger partial charge in [0.1, 0.15) is 5.76 Å². The Bertz CT molecular complexity index is 521. The summed E-state index contributed by atoms with van der Waals surface area (Å²) in [7, 11) is 0. The third-order valence-corrected chi connectivity index (χ3v) is 4.74. The molecule has 2 N–H and O–H groups in total. The average Bonchev–Trinajstić information content (AvgIpc) is 2.70. The van der Waals surface area contributed by atoms with E-state index in [1.165, 1.54) is 0 Å². The van der Waals surface area contributed by atoms with E-state index in [0.29, 0.717) is 5.82 Å². The highest BCUT2D eigenvalue weighted by atomic mass is 16.5. The number of fused-ring (bicyclic) bond motifs is 1. The molecule has 1 fully saturated rings. The molecule has 0 aliphatic heterocycles. The first-order chi connectivity index (χ1) is 8.91. The van der Waals surface area contributed by atoms with Crippen LogP contribution in [0.5, 0.6) is 0 Å². The number of hydrogen-bond acceptors (Lipinski definition) is 3. The van der Waals surface area contributed by atoms with Crippen LogP contribution in [0.3, 0.4) is 0 Å². The molecule has 19 heavy (non-hydrogen) atoms. The Hall–Kier alpha value is -1.52. The summed E-state index contributed by atoms with van der Waals surface area (Å²) in [5.41, 5.74) is 1.13. The monoisotopic (exact) mass is 263 g/mol. The molecule has 5 nitrogen and oxygen atoms in total. The average molecular weight is 263 g/mol. The Morgan fingerprint density at radius 3 is 2.63 bits per heavy atom. The smallest absolute Gasteiger partial charge is 0.320 e. The Labute approximate surface area is 113 Å². The van der Waals surface area contributed by atoms with Gasteiger partial charge in [-0.05, 0) is 38.0 Å². The lowest BCUT2D eigenvalue weighted by atomic mass is 9.98. The van der Waals surface area contributed by atoms with Crippen molar-refractivity contribution in [2.24, 2.45) is 5.41 Å². The van der Waals surface area contributed by atoms with Crippen LogP contribution in [-0.2, 0) is 12.8 Å². The van der Waals surface area contributed by atoms with Gasteiger partial charge < -0.3 is 9.84 Å². The number of aryl methyl sites for hydroxylation is 1. The van der Waals surface area contributed by atoms with Crippen molar-refractivity contribution in [1.82, 2.24) is 10.5 Å². The van der Waals surface area contributed by atoms with Crippen LogP contribution in [0.25, 0.3) is 0 Å². The number of carbonyl (C=O) groups excluding carboxylic acids is 1. The van der Waals surface area contributed by atoms with E-state index < -0.39 is 0 Å². The van der Waals surface area contributed by atoms with Crippen molar-refractivity contribution in [1.29, 1.82) is 0 Å². The molecule has 0 saturated heterocycles. The van der Waals surface area contributed by atoms with Crippen LogP contribution in [0, 0.1) is 5.41 Å². The van der Waals surface area contributed by atoms with Gasteiger partial charge >= 0.3 is 6.03 Å². The minimum atomic E-state index is -0.185. The molecule has 0 bridgehead atoms. The Morgan fingerprint density at radius 1 is 1.26 bits per heavy atom. The molecule has 2 aliphatic carbocycles. The molecular weight excluding hydrogens is 242 g/mol. The second-order valence-corrected chi connectivity index (χ2v) is 6.61. The van der Waals surface area contributed by atoms with Crippen LogP contribution in [0.15, 0.2) is 4.52 Å². The Balaban J connectivity index is 1.66. The molecule has 1 heterocycles. The van der Waals surface area contributed by atoms with E-state index in [0.717, 1.165) is 43.4 Å². The number of nitrogens with zero attached hydrogens (tertiary/aromatic N) is 1. The zero-order valence-corrected chi connectivity index (χ0v) is 11.8. The van der Waals surface area contributed by atoms with Gasteiger partial charge in [0, 0.05) is 17.5 Å². The standard InChI is InChI=1S/C14H21N3O2/c1-13(2)8-14(13,3)16-12(18)15-11-9-6-4-5-7-10(9)19-17-11/h4-8H2,1-3H3,(H2,15,16,17,18). The number of hydrogen-bond donors (Lipinski definition) is 2. The highest BCUT2D eigenvalue weighted by Gasteiger charge is 2.58. The van der Waals surface area contributed by atoms with E-state index in [2.05, 4.69) is 36.6 Å². The molecule has 1 aromatic heterocycles. The molecule has 0 spiro atoms. The predicted octanol–water partition coefficient (Wildman–Crippen LogP) is 2.86. The summed E-state index contributed by atoms with van der Waals surface area (Å²) in [6, 6.07) is -0.185. The number of rotatable bonds is 2. The number of carbonyl (C=O) groups is 1. The van der Waals surface area contributed by atoms with Gasteiger partial charge in [-0.1, -0.05) is 19.0 Å². The highest BCUT2D eigenvalue weighted by molar-refractivity contribution is 5.90. The van der Waals surface area contributed by atoms with E-state index in [1.807, 2.05) is 0 Å². The first-order valence-electron chi connectivity index (χ1n) is 6.98. The van der Waals surface area contributed by atoms with Gasteiger partial charge in [-0.15, -0.1) is 0 Å². The van der Waals surface area contributed by atoms with Crippen molar-refractivity contribution in [3.63, 3.8) is 0 Å². The molecule has 0 aromatic carbocycles. The van der Waals surface area contributed by atoms with Crippen LogP contribution >= 0.6 is 0 Å². The molecule has 1 atom stereocenters. The lowest BCUT2D eigenvalue weighted by Crippen LogP contribution is -2.40. The second kappa shape index (κ2) is 3.99. The van der Waals surface area contributed by atoms with E-state index >= 15 is 0 Å². The minimum Gasteiger partial charge on any atom is -0.359 e. The number of nitrogens with one attached hydrogen (secondary N) is 2. The molecule has 104 valence electrons. The van der Waals surface area contributed by atoms with Crippen LogP contribution in [0.1, 0.15) is 51.4 Å². The summed E-state index contributed by atoms with van der Waals surface area (Å²) in [6.45, 7) is 6.39. The third kappa shape index (κ3) is 2.11. The Kier molecular flexibility index (Phi) is 2.62. The molecule has 5 heteroatoms. The molecule has 1 unspecified atom stereocenters. The lowest BCUT2D eigenvalue weighted by molar-refractivity contribution is 0.245. The van der Waals surface area contributed by atoms with E-state index in [9.17, 15) is 4.79 Å². The number of anilines is 1. The quantitative estimate of drug-likeness (QED) is 0.862. The van der Waals surface area contributed by atoms with Crippen LogP contribution in [0.2, 0.25) is 0 Å². The van der Waals surface area contributed by atoms with Crippen LogP contribution < -0.4 is 10.6 Å².